The molecule has 1 atom stereocenters. The minimum Gasteiger partial charge on any atom is -0.454 e. The van der Waals surface area contributed by atoms with E-state index >= 15 is 0 Å². The van der Waals surface area contributed by atoms with E-state index in [1.165, 1.54) is 11.0 Å². The summed E-state index contributed by atoms with van der Waals surface area (Å²) in [6.07, 6.45) is 1.42. The fourth-order valence-electron chi connectivity index (χ4n) is 4.00. The summed E-state index contributed by atoms with van der Waals surface area (Å²) >= 11 is 0. The van der Waals surface area contributed by atoms with E-state index in [1.54, 1.807) is 12.1 Å². The third-order valence-corrected chi connectivity index (χ3v) is 6.97. The van der Waals surface area contributed by atoms with Gasteiger partial charge in [0.05, 0.1) is 11.9 Å². The molecular weight excluding hydrogens is 482 g/mol. The molecule has 9 nitrogen and oxygen atoms in total. The zero-order chi connectivity index (χ0) is 26.5. The Hall–Kier alpha value is -3.27. The number of fused-ring (bicyclic) bond motifs is 1. The predicted molar refractivity (Wildman–Crippen MR) is 138 cm³/mol. The second kappa shape index (κ2) is 11.6. The number of carbonyl (C=O) groups excluding carboxylic acids is 2. The fraction of sp³-hybridized carbons (Fsp3) is 0.462. The summed E-state index contributed by atoms with van der Waals surface area (Å²) in [5, 5.41) is 2.91. The van der Waals surface area contributed by atoms with Gasteiger partial charge in [-0.1, -0.05) is 50.6 Å². The van der Waals surface area contributed by atoms with Gasteiger partial charge in [0.2, 0.25) is 28.6 Å². The van der Waals surface area contributed by atoms with Crippen LogP contribution in [-0.4, -0.2) is 57.3 Å². The van der Waals surface area contributed by atoms with Gasteiger partial charge in [-0.15, -0.1) is 0 Å². The summed E-state index contributed by atoms with van der Waals surface area (Å²) in [5.41, 5.74) is 2.16. The first-order valence-electron chi connectivity index (χ1n) is 12.0. The Morgan fingerprint density at radius 1 is 1.08 bits per heavy atom. The number of benzene rings is 2. The molecule has 0 saturated carbocycles. The first kappa shape index (κ1) is 27.3. The molecule has 36 heavy (non-hydrogen) atoms. The Morgan fingerprint density at radius 2 is 1.81 bits per heavy atom. The summed E-state index contributed by atoms with van der Waals surface area (Å²) in [6.45, 7) is 8.01. The normalized spacial score (nSPS) is 13.4. The Morgan fingerprint density at radius 3 is 2.44 bits per heavy atom. The minimum absolute atomic E-state index is 0.0462. The number of rotatable bonds is 11. The number of hydrogen-bond donors (Lipinski definition) is 1. The van der Waals surface area contributed by atoms with Crippen LogP contribution in [0.3, 0.4) is 0 Å². The second-order valence-corrected chi connectivity index (χ2v) is 11.3. The lowest BCUT2D eigenvalue weighted by Crippen LogP contribution is -2.52. The number of nitrogens with one attached hydrogen (secondary N) is 1. The van der Waals surface area contributed by atoms with Crippen LogP contribution >= 0.6 is 0 Å². The number of ether oxygens (including phenoxy) is 2. The van der Waals surface area contributed by atoms with Gasteiger partial charge >= 0.3 is 0 Å². The highest BCUT2D eigenvalue weighted by Gasteiger charge is 2.32. The van der Waals surface area contributed by atoms with Crippen LogP contribution in [0.5, 0.6) is 11.5 Å². The van der Waals surface area contributed by atoms with Gasteiger partial charge in [0.1, 0.15) is 12.6 Å². The lowest BCUT2D eigenvalue weighted by Gasteiger charge is -2.33. The summed E-state index contributed by atoms with van der Waals surface area (Å²) in [5.74, 6) is 0.420. The van der Waals surface area contributed by atoms with E-state index in [0.717, 1.165) is 21.7 Å². The molecule has 2 amide bonds. The van der Waals surface area contributed by atoms with Crippen LogP contribution < -0.4 is 19.1 Å². The summed E-state index contributed by atoms with van der Waals surface area (Å²) in [4.78, 5) is 28.3. The van der Waals surface area contributed by atoms with E-state index in [9.17, 15) is 18.0 Å². The van der Waals surface area contributed by atoms with Crippen molar-refractivity contribution in [3.05, 3.63) is 53.6 Å². The van der Waals surface area contributed by atoms with Gasteiger partial charge in [-0.2, -0.15) is 0 Å². The number of anilines is 1. The number of nitrogens with zero attached hydrogens (tertiary/aromatic N) is 2. The maximum Gasteiger partial charge on any atom is 0.244 e. The monoisotopic (exact) mass is 517 g/mol. The molecule has 10 heteroatoms. The average Bonchev–Trinajstić information content (AvgIpc) is 3.28. The number of hydrogen-bond acceptors (Lipinski definition) is 6. The lowest BCUT2D eigenvalue weighted by atomic mass is 10.1. The Bertz CT molecular complexity index is 1200. The smallest absolute Gasteiger partial charge is 0.244 e. The molecule has 2 aromatic rings. The molecule has 2 aromatic carbocycles. The largest absolute Gasteiger partial charge is 0.454 e. The van der Waals surface area contributed by atoms with Crippen molar-refractivity contribution in [2.75, 3.05) is 30.4 Å². The van der Waals surface area contributed by atoms with Crippen LogP contribution in [0.1, 0.15) is 38.3 Å². The molecule has 1 heterocycles. The molecule has 196 valence electrons. The Labute approximate surface area is 213 Å². The van der Waals surface area contributed by atoms with E-state index in [1.807, 2.05) is 52.0 Å². The van der Waals surface area contributed by atoms with Gasteiger partial charge in [-0.3, -0.25) is 13.9 Å². The number of carbonyl (C=O) groups is 2. The van der Waals surface area contributed by atoms with Crippen LogP contribution in [0.15, 0.2) is 42.5 Å². The number of sulfonamides is 1. The molecule has 0 radical (unpaired) electrons. The molecule has 0 fully saturated rings. The Kier molecular flexibility index (Phi) is 8.84. The lowest BCUT2D eigenvalue weighted by molar-refractivity contribution is -0.140. The van der Waals surface area contributed by atoms with Crippen molar-refractivity contribution in [1.82, 2.24) is 10.2 Å². The second-order valence-electron chi connectivity index (χ2n) is 9.38. The highest BCUT2D eigenvalue weighted by Crippen LogP contribution is 2.36. The van der Waals surface area contributed by atoms with Gasteiger partial charge in [0, 0.05) is 19.2 Å². The summed E-state index contributed by atoms with van der Waals surface area (Å²) in [7, 11) is -3.83. The number of amides is 2. The summed E-state index contributed by atoms with van der Waals surface area (Å²) < 4.78 is 37.2. The van der Waals surface area contributed by atoms with E-state index in [2.05, 4.69) is 5.32 Å². The minimum atomic E-state index is -3.83. The van der Waals surface area contributed by atoms with Crippen LogP contribution in [-0.2, 0) is 26.2 Å². The summed E-state index contributed by atoms with van der Waals surface area (Å²) in [6, 6.07) is 11.6. The van der Waals surface area contributed by atoms with E-state index in [4.69, 9.17) is 9.47 Å². The van der Waals surface area contributed by atoms with Crippen molar-refractivity contribution in [2.24, 2.45) is 5.92 Å². The van der Waals surface area contributed by atoms with E-state index in [-0.39, 0.29) is 30.9 Å². The zero-order valence-electron chi connectivity index (χ0n) is 21.5. The van der Waals surface area contributed by atoms with Crippen molar-refractivity contribution in [3.8, 4) is 11.5 Å². The molecule has 0 unspecified atom stereocenters. The molecule has 0 aliphatic carbocycles. The SMILES string of the molecule is CC[C@H](C(=O)NCC(C)C)N(Cc1cccc(C)c1)C(=O)CN(c1ccc2c(c1)OCO2)S(C)(=O)=O. The zero-order valence-corrected chi connectivity index (χ0v) is 22.3. The van der Waals surface area contributed by atoms with Crippen LogP contribution in [0.4, 0.5) is 5.69 Å². The van der Waals surface area contributed by atoms with Crippen LogP contribution in [0, 0.1) is 12.8 Å². The van der Waals surface area contributed by atoms with Gasteiger partial charge < -0.3 is 19.7 Å². The highest BCUT2D eigenvalue weighted by atomic mass is 32.2. The van der Waals surface area contributed by atoms with E-state index in [0.29, 0.717) is 24.5 Å². The molecule has 0 saturated heterocycles. The average molecular weight is 518 g/mol. The van der Waals surface area contributed by atoms with Crippen molar-refractivity contribution < 1.29 is 27.5 Å². The molecule has 1 aliphatic rings. The first-order chi connectivity index (χ1) is 17.0. The molecule has 0 aromatic heterocycles. The maximum absolute atomic E-state index is 13.7. The topological polar surface area (TPSA) is 105 Å². The van der Waals surface area contributed by atoms with Crippen LogP contribution in [0.25, 0.3) is 0 Å². The van der Waals surface area contributed by atoms with Gasteiger partial charge in [-0.25, -0.2) is 8.42 Å². The van der Waals surface area contributed by atoms with Crippen molar-refractivity contribution >= 4 is 27.5 Å². The maximum atomic E-state index is 13.7. The van der Waals surface area contributed by atoms with E-state index < -0.39 is 28.5 Å². The molecule has 1 aliphatic heterocycles. The van der Waals surface area contributed by atoms with Crippen LogP contribution in [0.2, 0.25) is 0 Å². The molecule has 3 rings (SSSR count). The molecular formula is C26H35N3O6S. The predicted octanol–water partition coefficient (Wildman–Crippen LogP) is 3.07. The standard InChI is InChI=1S/C26H35N3O6S/c1-6-22(26(31)27-14-18(2)3)28(15-20-9-7-8-19(4)12-20)25(30)16-29(36(5,32)33)21-10-11-23-24(13-21)35-17-34-23/h7-13,18,22H,6,14-17H2,1-5H3,(H,27,31)/t22-/m1/s1. The molecule has 1 N–H and O–H groups in total. The van der Waals surface area contributed by atoms with Gasteiger partial charge in [0.15, 0.2) is 11.5 Å². The van der Waals surface area contributed by atoms with Crippen molar-refractivity contribution in [2.45, 2.75) is 46.7 Å². The Balaban J connectivity index is 1.93. The quantitative estimate of drug-likeness (QED) is 0.491. The van der Waals surface area contributed by atoms with Crippen molar-refractivity contribution in [1.29, 1.82) is 0 Å². The van der Waals surface area contributed by atoms with Gasteiger partial charge in [0.25, 0.3) is 0 Å². The third kappa shape index (κ3) is 6.90. The number of aryl methyl sites for hydroxylation is 1. The molecule has 0 spiro atoms. The highest BCUT2D eigenvalue weighted by molar-refractivity contribution is 7.92. The third-order valence-electron chi connectivity index (χ3n) is 5.83. The molecule has 0 bridgehead atoms. The van der Waals surface area contributed by atoms with Gasteiger partial charge in [-0.05, 0) is 37.0 Å². The fourth-order valence-corrected chi connectivity index (χ4v) is 4.84. The first-order valence-corrected chi connectivity index (χ1v) is 13.8. The van der Waals surface area contributed by atoms with Crippen molar-refractivity contribution in [3.63, 3.8) is 0 Å².